The number of anilines is 1. The minimum Gasteiger partial charge on any atom is -0.396 e. The highest BCUT2D eigenvalue weighted by Gasteiger charge is 2.05. The van der Waals surface area contributed by atoms with E-state index in [2.05, 4.69) is 43.0 Å². The molecule has 0 saturated heterocycles. The summed E-state index contributed by atoms with van der Waals surface area (Å²) in [5, 5.41) is 8.74. The van der Waals surface area contributed by atoms with E-state index in [-0.39, 0.29) is 0 Å². The lowest BCUT2D eigenvalue weighted by atomic mass is 10.1. The summed E-state index contributed by atoms with van der Waals surface area (Å²) in [5.41, 5.74) is 2.68. The topological polar surface area (TPSA) is 23.5 Å². The third-order valence-corrected chi connectivity index (χ3v) is 2.92. The first-order valence-electron chi connectivity index (χ1n) is 6.21. The summed E-state index contributed by atoms with van der Waals surface area (Å²) in [6, 6.07) is 8.52. The summed E-state index contributed by atoms with van der Waals surface area (Å²) in [5.74, 6) is 0. The molecular weight excluding hydrogens is 198 g/mol. The molecule has 0 heterocycles. The smallest absolute Gasteiger partial charge is 0.0431 e. The molecule has 0 aliphatic carbocycles. The van der Waals surface area contributed by atoms with Gasteiger partial charge in [0, 0.05) is 25.4 Å². The summed E-state index contributed by atoms with van der Waals surface area (Å²) in [6.07, 6.45) is 3.19. The molecule has 90 valence electrons. The van der Waals surface area contributed by atoms with Gasteiger partial charge < -0.3 is 10.0 Å². The van der Waals surface area contributed by atoms with Crippen LogP contribution in [0.3, 0.4) is 0 Å². The average molecular weight is 221 g/mol. The average Bonchev–Trinajstić information content (AvgIpc) is 2.31. The lowest BCUT2D eigenvalue weighted by molar-refractivity contribution is 0.283. The molecule has 1 aromatic rings. The number of hydrogen-bond acceptors (Lipinski definition) is 2. The Labute approximate surface area is 98.9 Å². The van der Waals surface area contributed by atoms with Gasteiger partial charge in [-0.25, -0.2) is 0 Å². The number of unbranched alkanes of at least 4 members (excludes halogenated alkanes) is 2. The van der Waals surface area contributed by atoms with Gasteiger partial charge in [-0.3, -0.25) is 0 Å². The molecule has 0 bridgehead atoms. The molecule has 0 atom stereocenters. The lowest BCUT2D eigenvalue weighted by Crippen LogP contribution is -2.24. The van der Waals surface area contributed by atoms with Crippen molar-refractivity contribution >= 4 is 5.69 Å². The summed E-state index contributed by atoms with van der Waals surface area (Å²) in [6.45, 7) is 6.80. The van der Waals surface area contributed by atoms with Gasteiger partial charge in [0.05, 0.1) is 0 Å². The highest BCUT2D eigenvalue weighted by Crippen LogP contribution is 2.19. The Kier molecular flexibility index (Phi) is 5.94. The molecule has 0 unspecified atom stereocenters. The Morgan fingerprint density at radius 3 is 2.50 bits per heavy atom. The quantitative estimate of drug-likeness (QED) is 0.715. The second kappa shape index (κ2) is 7.29. The Morgan fingerprint density at radius 2 is 1.88 bits per heavy atom. The van der Waals surface area contributed by atoms with Crippen molar-refractivity contribution in [2.75, 3.05) is 24.6 Å². The normalized spacial score (nSPS) is 10.4. The number of rotatable bonds is 7. The molecule has 0 spiro atoms. The zero-order valence-corrected chi connectivity index (χ0v) is 10.4. The van der Waals surface area contributed by atoms with Crippen LogP contribution in [0.4, 0.5) is 5.69 Å². The summed E-state index contributed by atoms with van der Waals surface area (Å²) >= 11 is 0. The second-order valence-corrected chi connectivity index (χ2v) is 4.15. The van der Waals surface area contributed by atoms with E-state index < -0.39 is 0 Å². The van der Waals surface area contributed by atoms with E-state index in [1.165, 1.54) is 11.3 Å². The number of nitrogens with zero attached hydrogens (tertiary/aromatic N) is 1. The number of benzene rings is 1. The molecule has 1 N–H and O–H groups in total. The minimum atomic E-state index is 0.316. The maximum atomic E-state index is 8.74. The number of aliphatic hydroxyl groups is 1. The van der Waals surface area contributed by atoms with Crippen LogP contribution in [-0.2, 0) is 0 Å². The van der Waals surface area contributed by atoms with E-state index in [4.69, 9.17) is 5.11 Å². The van der Waals surface area contributed by atoms with Gasteiger partial charge in [0.2, 0.25) is 0 Å². The fraction of sp³-hybridized carbons (Fsp3) is 0.571. The van der Waals surface area contributed by atoms with Crippen molar-refractivity contribution in [1.29, 1.82) is 0 Å². The van der Waals surface area contributed by atoms with Crippen LogP contribution in [0.25, 0.3) is 0 Å². The van der Waals surface area contributed by atoms with Gasteiger partial charge in [-0.1, -0.05) is 18.2 Å². The Balaban J connectivity index is 2.51. The molecule has 16 heavy (non-hydrogen) atoms. The molecule has 2 heteroatoms. The van der Waals surface area contributed by atoms with Crippen molar-refractivity contribution in [1.82, 2.24) is 0 Å². The van der Waals surface area contributed by atoms with Crippen LogP contribution in [0.5, 0.6) is 0 Å². The van der Waals surface area contributed by atoms with Gasteiger partial charge in [-0.15, -0.1) is 0 Å². The van der Waals surface area contributed by atoms with E-state index in [0.29, 0.717) is 6.61 Å². The Bertz CT molecular complexity index is 299. The molecule has 0 amide bonds. The molecule has 0 aliphatic heterocycles. The van der Waals surface area contributed by atoms with Gasteiger partial charge in [0.15, 0.2) is 0 Å². The van der Waals surface area contributed by atoms with Crippen LogP contribution in [-0.4, -0.2) is 24.8 Å². The fourth-order valence-electron chi connectivity index (χ4n) is 1.96. The maximum Gasteiger partial charge on any atom is 0.0431 e. The van der Waals surface area contributed by atoms with Crippen LogP contribution < -0.4 is 4.90 Å². The molecule has 2 nitrogen and oxygen atoms in total. The first kappa shape index (κ1) is 13.0. The van der Waals surface area contributed by atoms with E-state index >= 15 is 0 Å². The molecule has 0 fully saturated rings. The first-order chi connectivity index (χ1) is 7.79. The van der Waals surface area contributed by atoms with Crippen molar-refractivity contribution in [2.45, 2.75) is 33.1 Å². The summed E-state index contributed by atoms with van der Waals surface area (Å²) < 4.78 is 0. The fourth-order valence-corrected chi connectivity index (χ4v) is 1.96. The van der Waals surface area contributed by atoms with Crippen LogP contribution in [0, 0.1) is 6.92 Å². The number of aryl methyl sites for hydroxylation is 1. The van der Waals surface area contributed by atoms with Crippen molar-refractivity contribution in [3.05, 3.63) is 29.8 Å². The van der Waals surface area contributed by atoms with Crippen LogP contribution in [0.1, 0.15) is 31.7 Å². The van der Waals surface area contributed by atoms with Gasteiger partial charge in [0.25, 0.3) is 0 Å². The zero-order chi connectivity index (χ0) is 11.8. The Hall–Kier alpha value is -1.02. The number of hydrogen-bond donors (Lipinski definition) is 1. The first-order valence-corrected chi connectivity index (χ1v) is 6.21. The monoisotopic (exact) mass is 221 g/mol. The molecule has 0 radical (unpaired) electrons. The SMILES string of the molecule is CCN(CCCCCO)c1ccccc1C. The lowest BCUT2D eigenvalue weighted by Gasteiger charge is -2.24. The van der Waals surface area contributed by atoms with E-state index in [1.54, 1.807) is 0 Å². The molecule has 1 aromatic carbocycles. The largest absolute Gasteiger partial charge is 0.396 e. The van der Waals surface area contributed by atoms with E-state index in [0.717, 1.165) is 32.4 Å². The van der Waals surface area contributed by atoms with Gasteiger partial charge in [-0.05, 0) is 44.7 Å². The minimum absolute atomic E-state index is 0.316. The third kappa shape index (κ3) is 3.86. The highest BCUT2D eigenvalue weighted by molar-refractivity contribution is 5.52. The molecule has 0 saturated carbocycles. The van der Waals surface area contributed by atoms with Gasteiger partial charge in [0.1, 0.15) is 0 Å². The van der Waals surface area contributed by atoms with Crippen molar-refractivity contribution in [3.63, 3.8) is 0 Å². The third-order valence-electron chi connectivity index (χ3n) is 2.92. The zero-order valence-electron chi connectivity index (χ0n) is 10.4. The van der Waals surface area contributed by atoms with E-state index in [1.807, 2.05) is 0 Å². The molecular formula is C14H23NO. The molecule has 0 aliphatic rings. The Morgan fingerprint density at radius 1 is 1.12 bits per heavy atom. The summed E-state index contributed by atoms with van der Waals surface area (Å²) in [7, 11) is 0. The van der Waals surface area contributed by atoms with Crippen LogP contribution >= 0.6 is 0 Å². The van der Waals surface area contributed by atoms with Crippen LogP contribution in [0.2, 0.25) is 0 Å². The van der Waals surface area contributed by atoms with Crippen molar-refractivity contribution in [2.24, 2.45) is 0 Å². The van der Waals surface area contributed by atoms with Gasteiger partial charge >= 0.3 is 0 Å². The van der Waals surface area contributed by atoms with E-state index in [9.17, 15) is 0 Å². The van der Waals surface area contributed by atoms with Gasteiger partial charge in [-0.2, -0.15) is 0 Å². The number of para-hydroxylation sites is 1. The predicted molar refractivity (Wildman–Crippen MR) is 70.0 cm³/mol. The summed E-state index contributed by atoms with van der Waals surface area (Å²) in [4.78, 5) is 2.41. The maximum absolute atomic E-state index is 8.74. The standard InChI is InChI=1S/C14H23NO/c1-3-15(11-7-4-8-12-16)14-10-6-5-9-13(14)2/h5-6,9-10,16H,3-4,7-8,11-12H2,1-2H3. The predicted octanol–water partition coefficient (Wildman–Crippen LogP) is 2.98. The van der Waals surface area contributed by atoms with Crippen LogP contribution in [0.15, 0.2) is 24.3 Å². The second-order valence-electron chi connectivity index (χ2n) is 4.15. The number of aliphatic hydroxyl groups excluding tert-OH is 1. The molecule has 0 aromatic heterocycles. The highest BCUT2D eigenvalue weighted by atomic mass is 16.2. The molecule has 1 rings (SSSR count). The van der Waals surface area contributed by atoms with Crippen molar-refractivity contribution < 1.29 is 5.11 Å². The van der Waals surface area contributed by atoms with Crippen molar-refractivity contribution in [3.8, 4) is 0 Å².